The van der Waals surface area contributed by atoms with Gasteiger partial charge in [0.15, 0.2) is 0 Å². The number of benzene rings is 1. The van der Waals surface area contributed by atoms with Gasteiger partial charge in [-0.05, 0) is 43.0 Å². The molecule has 1 aromatic carbocycles. The summed E-state index contributed by atoms with van der Waals surface area (Å²) in [7, 11) is -7.30. The standard InChI is InChI=1S/C21H35N3O5S2/c1-3-18(4-2)21(23-13-15-29-16-14-23)17-22-30(25,26)19-7-9-20(10-8-19)31(27,28)24-11-5-6-12-24/h7-10,18,21-22H,3-6,11-17H2,1-2H3. The van der Waals surface area contributed by atoms with E-state index in [-0.39, 0.29) is 15.8 Å². The van der Waals surface area contributed by atoms with E-state index in [1.54, 1.807) is 0 Å². The maximum Gasteiger partial charge on any atom is 0.243 e. The second kappa shape index (κ2) is 10.7. The fourth-order valence-corrected chi connectivity index (χ4v) is 7.05. The molecule has 0 spiro atoms. The van der Waals surface area contributed by atoms with Crippen molar-refractivity contribution in [3.8, 4) is 0 Å². The van der Waals surface area contributed by atoms with Crippen LogP contribution in [0, 0.1) is 5.92 Å². The molecule has 8 nitrogen and oxygen atoms in total. The van der Waals surface area contributed by atoms with E-state index in [4.69, 9.17) is 4.74 Å². The zero-order valence-corrected chi connectivity index (χ0v) is 20.1. The van der Waals surface area contributed by atoms with E-state index in [1.165, 1.54) is 28.6 Å². The third-order valence-electron chi connectivity index (χ3n) is 6.43. The van der Waals surface area contributed by atoms with E-state index in [1.807, 2.05) is 0 Å². The lowest BCUT2D eigenvalue weighted by molar-refractivity contribution is 0.00297. The molecule has 1 N–H and O–H groups in total. The van der Waals surface area contributed by atoms with Crippen LogP contribution < -0.4 is 4.72 Å². The number of sulfonamides is 2. The molecule has 2 fully saturated rings. The number of ether oxygens (including phenoxy) is 1. The smallest absolute Gasteiger partial charge is 0.243 e. The molecule has 2 aliphatic heterocycles. The number of nitrogens with zero attached hydrogens (tertiary/aromatic N) is 2. The molecule has 1 aromatic rings. The van der Waals surface area contributed by atoms with Crippen molar-refractivity contribution in [1.82, 2.24) is 13.9 Å². The van der Waals surface area contributed by atoms with Gasteiger partial charge in [-0.3, -0.25) is 4.90 Å². The Labute approximate surface area is 187 Å². The molecule has 0 radical (unpaired) electrons. The summed E-state index contributed by atoms with van der Waals surface area (Å²) in [5.41, 5.74) is 0. The second-order valence-corrected chi connectivity index (χ2v) is 11.9. The Hall–Kier alpha value is -1.04. The van der Waals surface area contributed by atoms with Crippen LogP contribution in [0.2, 0.25) is 0 Å². The van der Waals surface area contributed by atoms with Gasteiger partial charge in [-0.1, -0.05) is 26.7 Å². The molecule has 2 aliphatic rings. The molecule has 31 heavy (non-hydrogen) atoms. The molecule has 0 amide bonds. The van der Waals surface area contributed by atoms with E-state index in [9.17, 15) is 16.8 Å². The molecule has 0 saturated carbocycles. The van der Waals surface area contributed by atoms with Gasteiger partial charge >= 0.3 is 0 Å². The average molecular weight is 474 g/mol. The Morgan fingerprint density at radius 1 is 0.903 bits per heavy atom. The van der Waals surface area contributed by atoms with E-state index < -0.39 is 20.0 Å². The predicted molar refractivity (Wildman–Crippen MR) is 120 cm³/mol. The van der Waals surface area contributed by atoms with Gasteiger partial charge in [-0.25, -0.2) is 21.6 Å². The fraction of sp³-hybridized carbons (Fsp3) is 0.714. The van der Waals surface area contributed by atoms with Crippen LogP contribution in [0.1, 0.15) is 39.5 Å². The van der Waals surface area contributed by atoms with Crippen LogP contribution in [0.3, 0.4) is 0 Å². The van der Waals surface area contributed by atoms with Gasteiger partial charge in [0.1, 0.15) is 0 Å². The van der Waals surface area contributed by atoms with Gasteiger partial charge in [0.2, 0.25) is 20.0 Å². The number of rotatable bonds is 10. The minimum Gasteiger partial charge on any atom is -0.379 e. The van der Waals surface area contributed by atoms with Crippen LogP contribution in [0.5, 0.6) is 0 Å². The van der Waals surface area contributed by atoms with Crippen LogP contribution in [0.4, 0.5) is 0 Å². The first-order valence-electron chi connectivity index (χ1n) is 11.2. The Morgan fingerprint density at radius 3 is 2.00 bits per heavy atom. The zero-order chi connectivity index (χ0) is 22.5. The fourth-order valence-electron chi connectivity index (χ4n) is 4.48. The van der Waals surface area contributed by atoms with E-state index in [0.29, 0.717) is 38.8 Å². The second-order valence-electron chi connectivity index (χ2n) is 8.23. The quantitative estimate of drug-likeness (QED) is 0.558. The number of hydrogen-bond acceptors (Lipinski definition) is 6. The molecule has 0 aromatic heterocycles. The molecule has 2 heterocycles. The van der Waals surface area contributed by atoms with Gasteiger partial charge in [0.25, 0.3) is 0 Å². The monoisotopic (exact) mass is 473 g/mol. The lowest BCUT2D eigenvalue weighted by atomic mass is 9.92. The van der Waals surface area contributed by atoms with Crippen molar-refractivity contribution < 1.29 is 21.6 Å². The third-order valence-corrected chi connectivity index (χ3v) is 9.78. The van der Waals surface area contributed by atoms with Crippen molar-refractivity contribution in [3.05, 3.63) is 24.3 Å². The molecule has 1 unspecified atom stereocenters. The molecule has 176 valence electrons. The molecule has 10 heteroatoms. The molecule has 0 bridgehead atoms. The maximum atomic E-state index is 12.9. The molecule has 1 atom stereocenters. The minimum absolute atomic E-state index is 0.0816. The first-order chi connectivity index (χ1) is 14.8. The van der Waals surface area contributed by atoms with Crippen LogP contribution in [-0.4, -0.2) is 78.0 Å². The van der Waals surface area contributed by atoms with Gasteiger partial charge in [-0.15, -0.1) is 0 Å². The maximum absolute atomic E-state index is 12.9. The number of nitrogens with one attached hydrogen (secondary N) is 1. The first-order valence-corrected chi connectivity index (χ1v) is 14.1. The normalized spacial score (nSPS) is 20.4. The summed E-state index contributed by atoms with van der Waals surface area (Å²) in [6.45, 7) is 8.55. The summed E-state index contributed by atoms with van der Waals surface area (Å²) < 4.78 is 60.9. The highest BCUT2D eigenvalue weighted by molar-refractivity contribution is 7.89. The highest BCUT2D eigenvalue weighted by atomic mass is 32.2. The number of morpholine rings is 1. The minimum atomic E-state index is -3.74. The highest BCUT2D eigenvalue weighted by Crippen LogP contribution is 2.23. The summed E-state index contributed by atoms with van der Waals surface area (Å²) in [5.74, 6) is 0.383. The molecule has 3 rings (SSSR count). The van der Waals surface area contributed by atoms with Crippen molar-refractivity contribution >= 4 is 20.0 Å². The van der Waals surface area contributed by atoms with Crippen molar-refractivity contribution in [2.75, 3.05) is 45.9 Å². The SMILES string of the molecule is CCC(CC)C(CNS(=O)(=O)c1ccc(S(=O)(=O)N2CCCC2)cc1)N1CCOCC1. The summed E-state index contributed by atoms with van der Waals surface area (Å²) in [6, 6.07) is 5.65. The lowest BCUT2D eigenvalue weighted by Crippen LogP contribution is -2.52. The van der Waals surface area contributed by atoms with Crippen LogP contribution >= 0.6 is 0 Å². The van der Waals surface area contributed by atoms with Crippen molar-refractivity contribution in [2.24, 2.45) is 5.92 Å². The van der Waals surface area contributed by atoms with Crippen molar-refractivity contribution in [2.45, 2.75) is 55.4 Å². The topological polar surface area (TPSA) is 96.0 Å². The Bertz CT molecular complexity index is 903. The van der Waals surface area contributed by atoms with E-state index in [0.717, 1.165) is 38.8 Å². The molecule has 0 aliphatic carbocycles. The van der Waals surface area contributed by atoms with Gasteiger partial charge in [0, 0.05) is 38.8 Å². The highest BCUT2D eigenvalue weighted by Gasteiger charge is 2.30. The lowest BCUT2D eigenvalue weighted by Gasteiger charge is -2.38. The van der Waals surface area contributed by atoms with E-state index in [2.05, 4.69) is 23.5 Å². The van der Waals surface area contributed by atoms with Crippen LogP contribution in [0.25, 0.3) is 0 Å². The Balaban J connectivity index is 1.71. The Kier molecular flexibility index (Phi) is 8.51. The third kappa shape index (κ3) is 5.85. The average Bonchev–Trinajstić information content (AvgIpc) is 3.33. The van der Waals surface area contributed by atoms with Crippen molar-refractivity contribution in [1.29, 1.82) is 0 Å². The summed E-state index contributed by atoms with van der Waals surface area (Å²) in [4.78, 5) is 2.53. The summed E-state index contributed by atoms with van der Waals surface area (Å²) in [6.07, 6.45) is 3.67. The largest absolute Gasteiger partial charge is 0.379 e. The van der Waals surface area contributed by atoms with Gasteiger partial charge < -0.3 is 4.74 Å². The van der Waals surface area contributed by atoms with Gasteiger partial charge in [-0.2, -0.15) is 4.31 Å². The number of hydrogen-bond donors (Lipinski definition) is 1. The van der Waals surface area contributed by atoms with Crippen molar-refractivity contribution in [3.63, 3.8) is 0 Å². The van der Waals surface area contributed by atoms with Gasteiger partial charge in [0.05, 0.1) is 23.0 Å². The Morgan fingerprint density at radius 2 is 1.45 bits per heavy atom. The van der Waals surface area contributed by atoms with Crippen LogP contribution in [0.15, 0.2) is 34.1 Å². The molecular formula is C21H35N3O5S2. The van der Waals surface area contributed by atoms with Crippen LogP contribution in [-0.2, 0) is 24.8 Å². The molecule has 2 saturated heterocycles. The molecular weight excluding hydrogens is 438 g/mol. The first kappa shape index (κ1) is 24.6. The zero-order valence-electron chi connectivity index (χ0n) is 18.5. The summed E-state index contributed by atoms with van der Waals surface area (Å²) >= 11 is 0. The van der Waals surface area contributed by atoms with E-state index >= 15 is 0 Å². The summed E-state index contributed by atoms with van der Waals surface area (Å²) in [5, 5.41) is 0. The predicted octanol–water partition coefficient (Wildman–Crippen LogP) is 1.89.